The molecule has 0 saturated heterocycles. The summed E-state index contributed by atoms with van der Waals surface area (Å²) in [7, 11) is 0. The summed E-state index contributed by atoms with van der Waals surface area (Å²) in [5.74, 6) is 1.94. The third-order valence-corrected chi connectivity index (χ3v) is 5.41. The van der Waals surface area contributed by atoms with Gasteiger partial charge in [0.15, 0.2) is 5.82 Å². The quantitative estimate of drug-likeness (QED) is 0.583. The second-order valence-electron chi connectivity index (χ2n) is 7.80. The van der Waals surface area contributed by atoms with Crippen LogP contribution >= 0.6 is 0 Å². The van der Waals surface area contributed by atoms with E-state index in [9.17, 15) is 0 Å². The van der Waals surface area contributed by atoms with E-state index in [1.165, 1.54) is 37.7 Å². The Morgan fingerprint density at radius 3 is 2.68 bits per heavy atom. The number of fused-ring (bicyclic) bond motifs is 1. The summed E-state index contributed by atoms with van der Waals surface area (Å²) in [5.41, 5.74) is 3.03. The van der Waals surface area contributed by atoms with Crippen LogP contribution in [0.1, 0.15) is 49.9 Å². The Morgan fingerprint density at radius 2 is 1.89 bits per heavy atom. The molecule has 2 aromatic heterocycles. The first-order valence-electron chi connectivity index (χ1n) is 10.4. The minimum atomic E-state index is 0.510. The number of aromatic nitrogens is 3. The number of hydrogen-bond acceptors (Lipinski definition) is 6. The molecule has 0 radical (unpaired) electrons. The lowest BCUT2D eigenvalue weighted by atomic mass is 9.95. The maximum Gasteiger partial charge on any atom is 0.261 e. The minimum Gasteiger partial charge on any atom is -0.369 e. The molecule has 6 heteroatoms. The number of aryl methyl sites for hydroxylation is 2. The van der Waals surface area contributed by atoms with Gasteiger partial charge in [-0.05, 0) is 57.9 Å². The molecule has 1 saturated carbocycles. The Balaban J connectivity index is 1.46. The fraction of sp³-hybridized carbons (Fsp3) is 0.500. The fourth-order valence-corrected chi connectivity index (χ4v) is 3.91. The first kappa shape index (κ1) is 18.9. The van der Waals surface area contributed by atoms with Crippen molar-refractivity contribution in [2.75, 3.05) is 18.4 Å². The van der Waals surface area contributed by atoms with Gasteiger partial charge in [-0.15, -0.1) is 0 Å². The highest BCUT2D eigenvalue weighted by molar-refractivity contribution is 5.88. The zero-order chi connectivity index (χ0) is 19.3. The molecule has 2 heterocycles. The molecule has 28 heavy (non-hydrogen) atoms. The number of pyridine rings is 1. The highest BCUT2D eigenvalue weighted by Crippen LogP contribution is 2.29. The van der Waals surface area contributed by atoms with Gasteiger partial charge in [0.05, 0.1) is 11.1 Å². The minimum absolute atomic E-state index is 0.510. The number of anilines is 1. The molecule has 0 unspecified atom stereocenters. The Bertz CT molecular complexity index is 930. The van der Waals surface area contributed by atoms with Crippen LogP contribution in [0.4, 0.5) is 5.82 Å². The first-order chi connectivity index (χ1) is 13.7. The summed E-state index contributed by atoms with van der Waals surface area (Å²) in [4.78, 5) is 9.24. The summed E-state index contributed by atoms with van der Waals surface area (Å²) in [6, 6.07) is 9.07. The molecule has 1 aliphatic rings. The molecule has 1 aliphatic carbocycles. The maximum absolute atomic E-state index is 5.42. The predicted molar refractivity (Wildman–Crippen MR) is 112 cm³/mol. The van der Waals surface area contributed by atoms with Crippen molar-refractivity contribution in [2.24, 2.45) is 0 Å². The van der Waals surface area contributed by atoms with E-state index < -0.39 is 0 Å². The van der Waals surface area contributed by atoms with Crippen molar-refractivity contribution in [2.45, 2.75) is 58.4 Å². The van der Waals surface area contributed by atoms with Gasteiger partial charge >= 0.3 is 0 Å². The van der Waals surface area contributed by atoms with E-state index in [0.717, 1.165) is 41.8 Å². The van der Waals surface area contributed by atoms with E-state index >= 15 is 0 Å². The van der Waals surface area contributed by atoms with Gasteiger partial charge in [0.25, 0.3) is 5.89 Å². The van der Waals surface area contributed by atoms with E-state index in [1.807, 2.05) is 6.92 Å². The van der Waals surface area contributed by atoms with Gasteiger partial charge in [-0.25, -0.2) is 4.98 Å². The Labute approximate surface area is 166 Å². The van der Waals surface area contributed by atoms with Gasteiger partial charge in [-0.3, -0.25) is 0 Å². The van der Waals surface area contributed by atoms with Crippen molar-refractivity contribution >= 4 is 16.7 Å². The molecule has 2 N–H and O–H groups in total. The van der Waals surface area contributed by atoms with Gasteiger partial charge in [0, 0.05) is 18.0 Å². The molecular formula is C22H29N5O. The van der Waals surface area contributed by atoms with Gasteiger partial charge < -0.3 is 15.2 Å². The van der Waals surface area contributed by atoms with E-state index in [2.05, 4.69) is 52.0 Å². The van der Waals surface area contributed by atoms with E-state index in [-0.39, 0.29) is 0 Å². The van der Waals surface area contributed by atoms with Crippen LogP contribution < -0.4 is 10.6 Å². The van der Waals surface area contributed by atoms with E-state index in [0.29, 0.717) is 17.8 Å². The number of benzene rings is 1. The summed E-state index contributed by atoms with van der Waals surface area (Å²) in [6.07, 6.45) is 7.81. The van der Waals surface area contributed by atoms with Gasteiger partial charge in [0.1, 0.15) is 5.82 Å². The zero-order valence-corrected chi connectivity index (χ0v) is 16.8. The van der Waals surface area contributed by atoms with Gasteiger partial charge in [-0.2, -0.15) is 4.98 Å². The Morgan fingerprint density at radius 1 is 1.04 bits per heavy atom. The summed E-state index contributed by atoms with van der Waals surface area (Å²) in [5, 5.41) is 12.2. The number of rotatable bonds is 7. The van der Waals surface area contributed by atoms with E-state index in [1.54, 1.807) is 0 Å². The topological polar surface area (TPSA) is 75.9 Å². The highest BCUT2D eigenvalue weighted by Gasteiger charge is 2.15. The van der Waals surface area contributed by atoms with Crippen LogP contribution in [0, 0.1) is 13.8 Å². The lowest BCUT2D eigenvalue weighted by molar-refractivity contribution is 0.373. The fourth-order valence-electron chi connectivity index (χ4n) is 3.91. The monoisotopic (exact) mass is 379 g/mol. The molecule has 0 spiro atoms. The highest BCUT2D eigenvalue weighted by atomic mass is 16.5. The van der Waals surface area contributed by atoms with E-state index in [4.69, 9.17) is 9.51 Å². The normalized spacial score (nSPS) is 15.2. The molecule has 0 bridgehead atoms. The second kappa shape index (κ2) is 8.69. The molecule has 4 rings (SSSR count). The molecular weight excluding hydrogens is 350 g/mol. The van der Waals surface area contributed by atoms with Crippen molar-refractivity contribution in [3.63, 3.8) is 0 Å². The van der Waals surface area contributed by atoms with Gasteiger partial charge in [-0.1, -0.05) is 36.0 Å². The third kappa shape index (κ3) is 4.50. The molecule has 1 aromatic carbocycles. The van der Waals surface area contributed by atoms with Crippen LogP contribution in [0.5, 0.6) is 0 Å². The van der Waals surface area contributed by atoms with Gasteiger partial charge in [0.2, 0.25) is 0 Å². The first-order valence-corrected chi connectivity index (χ1v) is 10.4. The predicted octanol–water partition coefficient (Wildman–Crippen LogP) is 4.63. The molecule has 148 valence electrons. The van der Waals surface area contributed by atoms with Crippen LogP contribution in [0.2, 0.25) is 0 Å². The molecule has 0 atom stereocenters. The SMILES string of the molecule is Cc1ccc2nc(NCCCNC3CCCCC3)c(-c3nc(C)no3)cc2c1. The molecule has 1 fully saturated rings. The van der Waals surface area contributed by atoms with Crippen LogP contribution in [0.15, 0.2) is 28.8 Å². The summed E-state index contributed by atoms with van der Waals surface area (Å²) >= 11 is 0. The Hall–Kier alpha value is -2.47. The van der Waals surface area contributed by atoms with Crippen LogP contribution in [0.3, 0.4) is 0 Å². The van der Waals surface area contributed by atoms with Crippen molar-refractivity contribution in [3.8, 4) is 11.5 Å². The zero-order valence-electron chi connectivity index (χ0n) is 16.8. The average Bonchev–Trinajstić information content (AvgIpc) is 3.14. The number of nitrogens with zero attached hydrogens (tertiary/aromatic N) is 3. The van der Waals surface area contributed by atoms with Crippen molar-refractivity contribution < 1.29 is 4.52 Å². The molecule has 0 amide bonds. The average molecular weight is 380 g/mol. The summed E-state index contributed by atoms with van der Waals surface area (Å²) < 4.78 is 5.42. The van der Waals surface area contributed by atoms with Crippen molar-refractivity contribution in [1.82, 2.24) is 20.4 Å². The standard InChI is InChI=1S/C22H29N5O/c1-15-9-10-20-17(13-15)14-19(22-25-16(2)27-28-22)21(26-20)24-12-6-11-23-18-7-4-3-5-8-18/h9-10,13-14,18,23H,3-8,11-12H2,1-2H3,(H,24,26). The third-order valence-electron chi connectivity index (χ3n) is 5.41. The van der Waals surface area contributed by atoms with Crippen LogP contribution in [0.25, 0.3) is 22.4 Å². The Kier molecular flexibility index (Phi) is 5.86. The number of nitrogens with one attached hydrogen (secondary N) is 2. The largest absolute Gasteiger partial charge is 0.369 e. The molecule has 3 aromatic rings. The smallest absolute Gasteiger partial charge is 0.261 e. The maximum atomic E-state index is 5.42. The lowest BCUT2D eigenvalue weighted by Gasteiger charge is -2.22. The molecule has 6 nitrogen and oxygen atoms in total. The molecule has 0 aliphatic heterocycles. The van der Waals surface area contributed by atoms with Crippen molar-refractivity contribution in [3.05, 3.63) is 35.7 Å². The van der Waals surface area contributed by atoms with Crippen molar-refractivity contribution in [1.29, 1.82) is 0 Å². The second-order valence-corrected chi connectivity index (χ2v) is 7.80. The van der Waals surface area contributed by atoms with Crippen LogP contribution in [-0.2, 0) is 0 Å². The lowest BCUT2D eigenvalue weighted by Crippen LogP contribution is -2.32. The summed E-state index contributed by atoms with van der Waals surface area (Å²) in [6.45, 7) is 5.79. The number of hydrogen-bond donors (Lipinski definition) is 2. The van der Waals surface area contributed by atoms with Crippen LogP contribution in [-0.4, -0.2) is 34.3 Å².